The van der Waals surface area contributed by atoms with Crippen molar-refractivity contribution in [1.29, 1.82) is 0 Å². The monoisotopic (exact) mass is 631 g/mol. The van der Waals surface area contributed by atoms with Gasteiger partial charge in [-0.15, -0.1) is 0 Å². The number of ether oxygens (including phenoxy) is 6. The Balaban J connectivity index is 1.25. The van der Waals surface area contributed by atoms with Crippen molar-refractivity contribution in [2.75, 3.05) is 20.4 Å². The van der Waals surface area contributed by atoms with Crippen molar-refractivity contribution in [2.45, 2.75) is 71.1 Å². The number of aromatic nitrogens is 2. The average Bonchev–Trinajstić information content (AvgIpc) is 3.78. The summed E-state index contributed by atoms with van der Waals surface area (Å²) in [6.45, 7) is 8.38. The molecule has 0 radical (unpaired) electrons. The molecule has 12 heteroatoms. The van der Waals surface area contributed by atoms with E-state index in [-0.39, 0.29) is 36.3 Å². The summed E-state index contributed by atoms with van der Waals surface area (Å²) in [4.78, 5) is 46.2. The number of benzene rings is 2. The molecule has 7 atom stereocenters. The van der Waals surface area contributed by atoms with Gasteiger partial charge in [0.1, 0.15) is 6.10 Å². The second-order valence-electron chi connectivity index (χ2n) is 12.4. The first-order valence-electron chi connectivity index (χ1n) is 15.6. The maximum atomic E-state index is 14.3. The molecule has 1 aliphatic carbocycles. The zero-order valence-corrected chi connectivity index (χ0v) is 26.4. The van der Waals surface area contributed by atoms with Gasteiger partial charge in [0, 0.05) is 55.4 Å². The van der Waals surface area contributed by atoms with E-state index >= 15 is 0 Å². The zero-order valence-electron chi connectivity index (χ0n) is 26.4. The Morgan fingerprint density at radius 2 is 1.76 bits per heavy atom. The van der Waals surface area contributed by atoms with Gasteiger partial charge in [0.2, 0.25) is 13.1 Å². The molecular formula is C34H37N3O9. The topological polar surface area (TPSA) is 128 Å². The van der Waals surface area contributed by atoms with Crippen LogP contribution in [-0.4, -0.2) is 71.1 Å². The van der Waals surface area contributed by atoms with Gasteiger partial charge in [0.15, 0.2) is 28.8 Å². The molecule has 3 aliphatic heterocycles. The minimum absolute atomic E-state index is 0.0552. The number of hydrogen-bond donors (Lipinski definition) is 0. The molecule has 2 aromatic carbocycles. The number of imidazole rings is 1. The first kappa shape index (κ1) is 30.1. The lowest BCUT2D eigenvalue weighted by Gasteiger charge is -2.43. The molecule has 4 heterocycles. The number of rotatable bonds is 8. The molecule has 7 rings (SSSR count). The highest BCUT2D eigenvalue weighted by Gasteiger charge is 2.51. The Hall–Kier alpha value is -4.58. The molecule has 4 aliphatic rings. The van der Waals surface area contributed by atoms with Gasteiger partial charge >= 0.3 is 5.97 Å². The normalized spacial score (nSPS) is 27.6. The van der Waals surface area contributed by atoms with Crippen LogP contribution in [0.1, 0.15) is 77.9 Å². The largest absolute Gasteiger partial charge is 0.493 e. The summed E-state index contributed by atoms with van der Waals surface area (Å²) in [5, 5.41) is 0. The highest BCUT2D eigenvalue weighted by molar-refractivity contribution is 6.11. The Morgan fingerprint density at radius 3 is 2.48 bits per heavy atom. The standard InChI is InChI=1S/C34H37N3O9/c1-17-18(2)34(44-19(3)32(17)45-20(4)38)46-28-11-21-24(14-25(28)41-5)33(40)37(9-6-8-36-10-7-35-15-36)30-22-12-26-27(43-16-42-26)13-23(22)31(39)29(21)30/h7,10-15,17-19,29-30,32,34H,6,8-9,16H2,1-5H3/t17-,18-,19-,29?,30?,32-,34-/m0/s1. The van der Waals surface area contributed by atoms with E-state index in [1.165, 1.54) is 14.0 Å². The van der Waals surface area contributed by atoms with E-state index in [0.29, 0.717) is 59.2 Å². The van der Waals surface area contributed by atoms with Crippen molar-refractivity contribution in [3.05, 3.63) is 65.2 Å². The van der Waals surface area contributed by atoms with Gasteiger partial charge in [-0.05, 0) is 48.7 Å². The van der Waals surface area contributed by atoms with Crippen molar-refractivity contribution < 1.29 is 42.8 Å². The molecule has 1 fully saturated rings. The predicted octanol–water partition coefficient (Wildman–Crippen LogP) is 4.52. The Morgan fingerprint density at radius 1 is 0.978 bits per heavy atom. The summed E-state index contributed by atoms with van der Waals surface area (Å²) >= 11 is 0. The molecule has 242 valence electrons. The van der Waals surface area contributed by atoms with Crippen LogP contribution < -0.4 is 18.9 Å². The van der Waals surface area contributed by atoms with Crippen molar-refractivity contribution in [3.8, 4) is 23.0 Å². The van der Waals surface area contributed by atoms with Crippen LogP contribution in [0.3, 0.4) is 0 Å². The number of nitrogens with zero attached hydrogens (tertiary/aromatic N) is 3. The van der Waals surface area contributed by atoms with E-state index in [4.69, 9.17) is 28.4 Å². The van der Waals surface area contributed by atoms with E-state index in [9.17, 15) is 14.4 Å². The van der Waals surface area contributed by atoms with Gasteiger partial charge in [-0.1, -0.05) is 13.8 Å². The lowest BCUT2D eigenvalue weighted by atomic mass is 9.82. The van der Waals surface area contributed by atoms with Crippen LogP contribution in [-0.2, 0) is 20.8 Å². The van der Waals surface area contributed by atoms with Crippen LogP contribution in [0.4, 0.5) is 0 Å². The van der Waals surface area contributed by atoms with Crippen LogP contribution in [0.25, 0.3) is 0 Å². The van der Waals surface area contributed by atoms with Crippen LogP contribution in [0.5, 0.6) is 23.0 Å². The number of methoxy groups -OCH3 is 1. The fraction of sp³-hybridized carbons (Fsp3) is 0.471. The van der Waals surface area contributed by atoms with Crippen LogP contribution in [0, 0.1) is 11.8 Å². The maximum Gasteiger partial charge on any atom is 0.303 e. The third-order valence-electron chi connectivity index (χ3n) is 9.73. The smallest absolute Gasteiger partial charge is 0.303 e. The highest BCUT2D eigenvalue weighted by atomic mass is 16.7. The summed E-state index contributed by atoms with van der Waals surface area (Å²) in [6, 6.07) is 6.45. The van der Waals surface area contributed by atoms with Crippen LogP contribution >= 0.6 is 0 Å². The van der Waals surface area contributed by atoms with Gasteiger partial charge in [-0.25, -0.2) is 4.98 Å². The minimum Gasteiger partial charge on any atom is -0.493 e. The SMILES string of the molecule is COc1cc2c(cc1O[C@@H]1O[C@@H](C)[C@@H](OC(C)=O)[C@@H](C)[C@@H]1C)C1C(=O)c3cc4c(cc3C1N(CCCn1ccnc1)C2=O)OCO4. The summed E-state index contributed by atoms with van der Waals surface area (Å²) < 4.78 is 37.2. The second kappa shape index (κ2) is 11.7. The van der Waals surface area contributed by atoms with Crippen LogP contribution in [0.15, 0.2) is 43.0 Å². The van der Waals surface area contributed by atoms with E-state index in [0.717, 1.165) is 5.56 Å². The van der Waals surface area contributed by atoms with Crippen LogP contribution in [0.2, 0.25) is 0 Å². The number of hydrogen-bond acceptors (Lipinski definition) is 10. The van der Waals surface area contributed by atoms with Gasteiger partial charge in [0.25, 0.3) is 5.91 Å². The highest BCUT2D eigenvalue weighted by Crippen LogP contribution is 2.54. The Bertz CT molecular complexity index is 1690. The number of amides is 1. The number of Topliss-reactive ketones (excluding diaryl/α,β-unsaturated/α-hetero) is 1. The molecule has 0 N–H and O–H groups in total. The molecule has 1 amide bonds. The molecule has 46 heavy (non-hydrogen) atoms. The number of aryl methyl sites for hydroxylation is 1. The summed E-state index contributed by atoms with van der Waals surface area (Å²) in [5.41, 5.74) is 2.22. The molecule has 1 saturated heterocycles. The molecule has 1 aromatic heterocycles. The Kier molecular flexibility index (Phi) is 7.62. The third kappa shape index (κ3) is 4.95. The van der Waals surface area contributed by atoms with E-state index in [1.54, 1.807) is 35.6 Å². The van der Waals surface area contributed by atoms with Gasteiger partial charge in [-0.2, -0.15) is 0 Å². The van der Waals surface area contributed by atoms with Crippen molar-refractivity contribution in [3.63, 3.8) is 0 Å². The van der Waals surface area contributed by atoms with Gasteiger partial charge in [-0.3, -0.25) is 14.4 Å². The number of carbonyl (C=O) groups is 3. The third-order valence-corrected chi connectivity index (χ3v) is 9.73. The van der Waals surface area contributed by atoms with E-state index < -0.39 is 30.5 Å². The molecule has 0 spiro atoms. The number of esters is 1. The first-order chi connectivity index (χ1) is 22.2. The fourth-order valence-corrected chi connectivity index (χ4v) is 7.24. The molecule has 3 aromatic rings. The lowest BCUT2D eigenvalue weighted by Crippen LogP contribution is -2.51. The van der Waals surface area contributed by atoms with Crippen molar-refractivity contribution in [1.82, 2.24) is 14.5 Å². The molecular weight excluding hydrogens is 594 g/mol. The number of carbonyl (C=O) groups excluding carboxylic acids is 3. The zero-order chi connectivity index (χ0) is 32.3. The fourth-order valence-electron chi connectivity index (χ4n) is 7.24. The van der Waals surface area contributed by atoms with E-state index in [2.05, 4.69) is 4.98 Å². The van der Waals surface area contributed by atoms with Gasteiger partial charge in [0.05, 0.1) is 31.5 Å². The minimum atomic E-state index is -0.688. The first-order valence-corrected chi connectivity index (χ1v) is 15.6. The lowest BCUT2D eigenvalue weighted by molar-refractivity contribution is -0.234. The predicted molar refractivity (Wildman–Crippen MR) is 162 cm³/mol. The van der Waals surface area contributed by atoms with E-state index in [1.807, 2.05) is 37.6 Å². The summed E-state index contributed by atoms with van der Waals surface area (Å²) in [6.07, 6.45) is 4.49. The maximum absolute atomic E-state index is 14.3. The summed E-state index contributed by atoms with van der Waals surface area (Å²) in [7, 11) is 1.51. The number of fused-ring (bicyclic) bond motifs is 6. The quantitative estimate of drug-likeness (QED) is 0.328. The number of ketones is 1. The average molecular weight is 632 g/mol. The molecule has 12 nitrogen and oxygen atoms in total. The molecule has 2 unspecified atom stereocenters. The second-order valence-corrected chi connectivity index (χ2v) is 12.4. The van der Waals surface area contributed by atoms with Crippen molar-refractivity contribution in [2.24, 2.45) is 11.8 Å². The van der Waals surface area contributed by atoms with Gasteiger partial charge < -0.3 is 37.9 Å². The summed E-state index contributed by atoms with van der Waals surface area (Å²) in [5.74, 6) is 0.255. The Labute approximate surface area is 266 Å². The van der Waals surface area contributed by atoms with Crippen molar-refractivity contribution >= 4 is 17.7 Å². The molecule has 0 saturated carbocycles. The molecule has 0 bridgehead atoms.